The van der Waals surface area contributed by atoms with Crippen LogP contribution in [0.5, 0.6) is 5.75 Å². The van der Waals surface area contributed by atoms with E-state index in [0.29, 0.717) is 5.75 Å². The Balaban J connectivity index is 2.05. The molecule has 5 heteroatoms. The van der Waals surface area contributed by atoms with E-state index in [1.165, 1.54) is 12.7 Å². The Morgan fingerprint density at radius 3 is 2.30 bits per heavy atom. The average molecular weight is 369 g/mol. The molecule has 0 saturated carbocycles. The fourth-order valence-electron chi connectivity index (χ4n) is 2.81. The van der Waals surface area contributed by atoms with Crippen molar-refractivity contribution in [2.45, 2.75) is 32.7 Å². The van der Waals surface area contributed by atoms with Crippen LogP contribution < -0.4 is 4.74 Å². The summed E-state index contributed by atoms with van der Waals surface area (Å²) in [6.45, 7) is 4.23. The van der Waals surface area contributed by atoms with Crippen molar-refractivity contribution in [3.8, 4) is 5.75 Å². The van der Waals surface area contributed by atoms with Crippen molar-refractivity contribution in [2.24, 2.45) is 0 Å². The SMILES string of the molecule is CCc1ccc(OCC(=O)N(CCC(=O)OC)C(C)c2ccccc2)cc1. The van der Waals surface area contributed by atoms with Crippen molar-refractivity contribution in [3.05, 3.63) is 65.7 Å². The van der Waals surface area contributed by atoms with Crippen LogP contribution in [0.2, 0.25) is 0 Å². The highest BCUT2D eigenvalue weighted by Gasteiger charge is 2.22. The van der Waals surface area contributed by atoms with E-state index in [1.807, 2.05) is 61.5 Å². The molecule has 2 rings (SSSR count). The van der Waals surface area contributed by atoms with Crippen LogP contribution in [0.25, 0.3) is 0 Å². The molecule has 0 aliphatic carbocycles. The zero-order valence-electron chi connectivity index (χ0n) is 16.2. The molecule has 0 spiro atoms. The smallest absolute Gasteiger partial charge is 0.307 e. The monoisotopic (exact) mass is 369 g/mol. The van der Waals surface area contributed by atoms with Gasteiger partial charge in [0, 0.05) is 6.54 Å². The minimum atomic E-state index is -0.343. The van der Waals surface area contributed by atoms with Gasteiger partial charge in [0.2, 0.25) is 0 Å². The number of hydrogen-bond acceptors (Lipinski definition) is 4. The van der Waals surface area contributed by atoms with Crippen LogP contribution >= 0.6 is 0 Å². The molecule has 0 saturated heterocycles. The highest BCUT2D eigenvalue weighted by Crippen LogP contribution is 2.21. The van der Waals surface area contributed by atoms with E-state index in [0.717, 1.165) is 12.0 Å². The van der Waals surface area contributed by atoms with Gasteiger partial charge < -0.3 is 14.4 Å². The molecule has 0 aliphatic rings. The maximum Gasteiger partial charge on any atom is 0.307 e. The maximum absolute atomic E-state index is 12.8. The first-order valence-electron chi connectivity index (χ1n) is 9.18. The van der Waals surface area contributed by atoms with Gasteiger partial charge >= 0.3 is 5.97 Å². The second-order valence-corrected chi connectivity index (χ2v) is 6.29. The molecule has 0 N–H and O–H groups in total. The molecule has 0 aliphatic heterocycles. The third-order valence-corrected chi connectivity index (χ3v) is 4.55. The van der Waals surface area contributed by atoms with E-state index < -0.39 is 0 Å². The zero-order chi connectivity index (χ0) is 19.6. The summed E-state index contributed by atoms with van der Waals surface area (Å²) in [5.41, 5.74) is 2.22. The van der Waals surface area contributed by atoms with Crippen molar-refractivity contribution in [1.82, 2.24) is 4.90 Å². The summed E-state index contributed by atoms with van der Waals surface area (Å²) in [5, 5.41) is 0. The van der Waals surface area contributed by atoms with Crippen LogP contribution in [0.1, 0.15) is 37.4 Å². The number of rotatable bonds is 9. The van der Waals surface area contributed by atoms with Gasteiger partial charge in [-0.05, 0) is 36.6 Å². The van der Waals surface area contributed by atoms with Gasteiger partial charge in [-0.1, -0.05) is 49.4 Å². The number of aryl methyl sites for hydroxylation is 1. The van der Waals surface area contributed by atoms with Gasteiger partial charge in [0.1, 0.15) is 5.75 Å². The number of nitrogens with zero attached hydrogens (tertiary/aromatic N) is 1. The molecule has 27 heavy (non-hydrogen) atoms. The van der Waals surface area contributed by atoms with Crippen molar-refractivity contribution < 1.29 is 19.1 Å². The lowest BCUT2D eigenvalue weighted by Gasteiger charge is -2.29. The summed E-state index contributed by atoms with van der Waals surface area (Å²) in [4.78, 5) is 26.0. The summed E-state index contributed by atoms with van der Waals surface area (Å²) in [6.07, 6.45) is 1.10. The minimum Gasteiger partial charge on any atom is -0.484 e. The number of amides is 1. The number of methoxy groups -OCH3 is 1. The first-order chi connectivity index (χ1) is 13.0. The first kappa shape index (κ1) is 20.5. The van der Waals surface area contributed by atoms with Crippen molar-refractivity contribution in [3.63, 3.8) is 0 Å². The quantitative estimate of drug-likeness (QED) is 0.631. The Morgan fingerprint density at radius 1 is 1.04 bits per heavy atom. The average Bonchev–Trinajstić information content (AvgIpc) is 2.72. The van der Waals surface area contributed by atoms with Crippen LogP contribution in [-0.4, -0.2) is 37.0 Å². The summed E-state index contributed by atoms with van der Waals surface area (Å²) in [6, 6.07) is 17.3. The topological polar surface area (TPSA) is 55.8 Å². The lowest BCUT2D eigenvalue weighted by atomic mass is 10.1. The molecular weight excluding hydrogens is 342 g/mol. The molecule has 1 amide bonds. The molecule has 1 unspecified atom stereocenters. The lowest BCUT2D eigenvalue weighted by molar-refractivity contribution is -0.142. The summed E-state index contributed by atoms with van der Waals surface area (Å²) >= 11 is 0. The van der Waals surface area contributed by atoms with Gasteiger partial charge in [-0.25, -0.2) is 0 Å². The fourth-order valence-corrected chi connectivity index (χ4v) is 2.81. The second-order valence-electron chi connectivity index (χ2n) is 6.29. The van der Waals surface area contributed by atoms with E-state index in [1.54, 1.807) is 4.90 Å². The Kier molecular flexibility index (Phi) is 7.86. The Hall–Kier alpha value is -2.82. The molecule has 0 radical (unpaired) electrons. The van der Waals surface area contributed by atoms with Gasteiger partial charge in [0.15, 0.2) is 6.61 Å². The molecule has 1 atom stereocenters. The summed E-state index contributed by atoms with van der Waals surface area (Å²) in [7, 11) is 1.35. The maximum atomic E-state index is 12.8. The number of hydrogen-bond donors (Lipinski definition) is 0. The van der Waals surface area contributed by atoms with Crippen LogP contribution in [0, 0.1) is 0 Å². The summed E-state index contributed by atoms with van der Waals surface area (Å²) in [5.74, 6) is 0.139. The molecule has 0 bridgehead atoms. The van der Waals surface area contributed by atoms with Crippen LogP contribution in [0.15, 0.2) is 54.6 Å². The third-order valence-electron chi connectivity index (χ3n) is 4.55. The standard InChI is InChI=1S/C22H27NO4/c1-4-18-10-12-20(13-11-18)27-16-21(24)23(15-14-22(25)26-3)17(2)19-8-6-5-7-9-19/h5-13,17H,4,14-16H2,1-3H3. The number of carbonyl (C=O) groups excluding carboxylic acids is 2. The Morgan fingerprint density at radius 2 is 1.70 bits per heavy atom. The molecular formula is C22H27NO4. The van der Waals surface area contributed by atoms with Gasteiger partial charge in [-0.15, -0.1) is 0 Å². The highest BCUT2D eigenvalue weighted by atomic mass is 16.5. The molecule has 144 valence electrons. The number of ether oxygens (including phenoxy) is 2. The molecule has 2 aromatic rings. The fraction of sp³-hybridized carbons (Fsp3) is 0.364. The van der Waals surface area contributed by atoms with Gasteiger partial charge in [-0.3, -0.25) is 9.59 Å². The van der Waals surface area contributed by atoms with E-state index in [2.05, 4.69) is 6.92 Å². The molecule has 0 fully saturated rings. The normalized spacial score (nSPS) is 11.5. The third kappa shape index (κ3) is 6.13. The van der Waals surface area contributed by atoms with Crippen molar-refractivity contribution in [2.75, 3.05) is 20.3 Å². The van der Waals surface area contributed by atoms with Crippen LogP contribution in [0.3, 0.4) is 0 Å². The van der Waals surface area contributed by atoms with Gasteiger partial charge in [0.25, 0.3) is 5.91 Å². The minimum absolute atomic E-state index is 0.0795. The number of esters is 1. The Labute approximate surface area is 160 Å². The zero-order valence-corrected chi connectivity index (χ0v) is 16.2. The van der Waals surface area contributed by atoms with Crippen LogP contribution in [0.4, 0.5) is 0 Å². The van der Waals surface area contributed by atoms with E-state index in [9.17, 15) is 9.59 Å². The van der Waals surface area contributed by atoms with Crippen molar-refractivity contribution >= 4 is 11.9 Å². The molecule has 0 heterocycles. The highest BCUT2D eigenvalue weighted by molar-refractivity contribution is 5.79. The molecule has 0 aromatic heterocycles. The largest absolute Gasteiger partial charge is 0.484 e. The van der Waals surface area contributed by atoms with Gasteiger partial charge in [0.05, 0.1) is 19.6 Å². The molecule has 2 aromatic carbocycles. The predicted octanol–water partition coefficient (Wildman–Crippen LogP) is 3.78. The van der Waals surface area contributed by atoms with E-state index in [-0.39, 0.29) is 37.5 Å². The van der Waals surface area contributed by atoms with Crippen LogP contribution in [-0.2, 0) is 20.7 Å². The Bertz CT molecular complexity index is 728. The number of benzene rings is 2. The lowest BCUT2D eigenvalue weighted by Crippen LogP contribution is -2.38. The van der Waals surface area contributed by atoms with Crippen molar-refractivity contribution in [1.29, 1.82) is 0 Å². The van der Waals surface area contributed by atoms with Gasteiger partial charge in [-0.2, -0.15) is 0 Å². The summed E-state index contributed by atoms with van der Waals surface area (Å²) < 4.78 is 10.4. The number of carbonyl (C=O) groups is 2. The van der Waals surface area contributed by atoms with E-state index >= 15 is 0 Å². The predicted molar refractivity (Wildman–Crippen MR) is 105 cm³/mol. The second kappa shape index (κ2) is 10.4. The van der Waals surface area contributed by atoms with E-state index in [4.69, 9.17) is 9.47 Å². The first-order valence-corrected chi connectivity index (χ1v) is 9.18. The molecule has 5 nitrogen and oxygen atoms in total.